The first kappa shape index (κ1) is 9.28. The molecule has 11 heavy (non-hydrogen) atoms. The maximum atomic E-state index is 9.47. The number of rotatable bonds is 2. The van der Waals surface area contributed by atoms with Gasteiger partial charge in [-0.25, -0.2) is 4.31 Å². The molecular formula is C6H16N2O2S. The molecular weight excluding hydrogens is 164 g/mol. The summed E-state index contributed by atoms with van der Waals surface area (Å²) in [6.45, 7) is 1.87. The van der Waals surface area contributed by atoms with E-state index >= 15 is 0 Å². The van der Waals surface area contributed by atoms with Gasteiger partial charge in [0.15, 0.2) is 0 Å². The van der Waals surface area contributed by atoms with Crippen molar-refractivity contribution in [1.29, 1.82) is 0 Å². The van der Waals surface area contributed by atoms with Gasteiger partial charge >= 0.3 is 0 Å². The fourth-order valence-corrected chi connectivity index (χ4v) is 2.93. The van der Waals surface area contributed by atoms with Crippen molar-refractivity contribution in [2.45, 2.75) is 12.8 Å². The molecule has 0 aromatic rings. The van der Waals surface area contributed by atoms with Gasteiger partial charge in [0.05, 0.1) is 5.75 Å². The maximum Gasteiger partial charge on any atom is 0.0531 e. The van der Waals surface area contributed by atoms with E-state index in [1.165, 1.54) is 0 Å². The Labute approximate surface area is 68.9 Å². The van der Waals surface area contributed by atoms with Crippen LogP contribution < -0.4 is 5.73 Å². The van der Waals surface area contributed by atoms with Gasteiger partial charge in [-0.3, -0.25) is 9.11 Å². The zero-order valence-electron chi connectivity index (χ0n) is 6.57. The van der Waals surface area contributed by atoms with Gasteiger partial charge in [0, 0.05) is 19.6 Å². The van der Waals surface area contributed by atoms with Gasteiger partial charge in [-0.05, 0) is 12.8 Å². The third-order valence-corrected chi connectivity index (χ3v) is 3.90. The third-order valence-electron chi connectivity index (χ3n) is 1.87. The Morgan fingerprint density at radius 1 is 1.36 bits per heavy atom. The molecule has 4 N–H and O–H groups in total. The lowest BCUT2D eigenvalue weighted by Gasteiger charge is -2.46. The zero-order chi connectivity index (χ0) is 8.32. The van der Waals surface area contributed by atoms with Crippen molar-refractivity contribution in [2.75, 3.05) is 25.4 Å². The Morgan fingerprint density at radius 2 is 2.09 bits per heavy atom. The Bertz CT molecular complexity index is 130. The molecule has 1 heterocycles. The highest BCUT2D eigenvalue weighted by Crippen LogP contribution is 2.46. The molecule has 0 saturated carbocycles. The van der Waals surface area contributed by atoms with Gasteiger partial charge in [-0.15, -0.1) is 10.8 Å². The molecule has 0 aromatic carbocycles. The molecule has 4 nitrogen and oxygen atoms in total. The molecule has 1 aliphatic heterocycles. The van der Waals surface area contributed by atoms with E-state index in [2.05, 4.69) is 0 Å². The summed E-state index contributed by atoms with van der Waals surface area (Å²) >= 11 is 0. The second kappa shape index (κ2) is 3.73. The molecule has 0 atom stereocenters. The predicted molar refractivity (Wildman–Crippen MR) is 47.6 cm³/mol. The lowest BCUT2D eigenvalue weighted by Crippen LogP contribution is -2.37. The van der Waals surface area contributed by atoms with Crippen LogP contribution in [0.5, 0.6) is 0 Å². The molecule has 0 unspecified atom stereocenters. The summed E-state index contributed by atoms with van der Waals surface area (Å²) in [7, 11) is -2.43. The summed E-state index contributed by atoms with van der Waals surface area (Å²) in [5, 5.41) is 0. The van der Waals surface area contributed by atoms with E-state index in [0.717, 1.165) is 19.4 Å². The van der Waals surface area contributed by atoms with Crippen LogP contribution in [0.25, 0.3) is 0 Å². The molecule has 1 aliphatic rings. The molecule has 0 bridgehead atoms. The van der Waals surface area contributed by atoms with Gasteiger partial charge in [-0.2, -0.15) is 0 Å². The fraction of sp³-hybridized carbons (Fsp3) is 1.00. The van der Waals surface area contributed by atoms with Crippen molar-refractivity contribution in [3.8, 4) is 0 Å². The van der Waals surface area contributed by atoms with Gasteiger partial charge in [-0.1, -0.05) is 0 Å². The molecule has 0 radical (unpaired) electrons. The van der Waals surface area contributed by atoms with Crippen LogP contribution in [0.1, 0.15) is 12.8 Å². The van der Waals surface area contributed by atoms with Crippen molar-refractivity contribution in [3.63, 3.8) is 0 Å². The quantitative estimate of drug-likeness (QED) is 0.585. The second-order valence-electron chi connectivity index (χ2n) is 2.76. The van der Waals surface area contributed by atoms with Gasteiger partial charge in [0.25, 0.3) is 0 Å². The van der Waals surface area contributed by atoms with Gasteiger partial charge < -0.3 is 5.73 Å². The van der Waals surface area contributed by atoms with Gasteiger partial charge in [0.1, 0.15) is 0 Å². The lowest BCUT2D eigenvalue weighted by molar-refractivity contribution is 0.328. The Hall–Kier alpha value is 0.190. The average molecular weight is 180 g/mol. The van der Waals surface area contributed by atoms with Crippen LogP contribution in [0, 0.1) is 0 Å². The normalized spacial score (nSPS) is 28.3. The number of hydrogen-bond donors (Lipinski definition) is 3. The number of nitrogens with zero attached hydrogens (tertiary/aromatic N) is 1. The highest BCUT2D eigenvalue weighted by Gasteiger charge is 2.24. The Balaban J connectivity index is 2.45. The van der Waals surface area contributed by atoms with Crippen LogP contribution in [0.3, 0.4) is 0 Å². The van der Waals surface area contributed by atoms with Crippen molar-refractivity contribution in [1.82, 2.24) is 4.31 Å². The van der Waals surface area contributed by atoms with Crippen molar-refractivity contribution in [3.05, 3.63) is 0 Å². The smallest absolute Gasteiger partial charge is 0.0531 e. The minimum Gasteiger partial charge on any atom is -0.329 e. The number of hydrogen-bond acceptors (Lipinski definition) is 4. The first-order chi connectivity index (χ1) is 5.17. The first-order valence-corrected chi connectivity index (χ1v) is 5.55. The summed E-state index contributed by atoms with van der Waals surface area (Å²) in [4.78, 5) is 0. The summed E-state index contributed by atoms with van der Waals surface area (Å²) in [5.41, 5.74) is 5.33. The molecule has 68 valence electrons. The Kier molecular flexibility index (Phi) is 3.15. The van der Waals surface area contributed by atoms with Crippen LogP contribution in [-0.2, 0) is 0 Å². The largest absolute Gasteiger partial charge is 0.329 e. The minimum atomic E-state index is -2.43. The van der Waals surface area contributed by atoms with Crippen molar-refractivity contribution in [2.24, 2.45) is 5.73 Å². The highest BCUT2D eigenvalue weighted by molar-refractivity contribution is 8.22. The summed E-state index contributed by atoms with van der Waals surface area (Å²) in [5.74, 6) is 0.521. The molecule has 0 spiro atoms. The highest BCUT2D eigenvalue weighted by atomic mass is 32.3. The molecule has 1 rings (SSSR count). The molecule has 1 saturated heterocycles. The van der Waals surface area contributed by atoms with E-state index in [0.29, 0.717) is 18.8 Å². The molecule has 0 aliphatic carbocycles. The summed E-state index contributed by atoms with van der Waals surface area (Å²) < 4.78 is 20.7. The molecule has 1 fully saturated rings. The van der Waals surface area contributed by atoms with Crippen molar-refractivity contribution < 1.29 is 9.11 Å². The number of nitrogens with two attached hydrogens (primary N) is 1. The van der Waals surface area contributed by atoms with E-state index in [1.54, 1.807) is 4.31 Å². The van der Waals surface area contributed by atoms with Crippen LogP contribution >= 0.6 is 10.8 Å². The molecule has 5 heteroatoms. The zero-order valence-corrected chi connectivity index (χ0v) is 7.39. The third kappa shape index (κ3) is 2.31. The van der Waals surface area contributed by atoms with Crippen LogP contribution in [0.4, 0.5) is 0 Å². The fourth-order valence-electron chi connectivity index (χ4n) is 1.26. The topological polar surface area (TPSA) is 69.7 Å². The second-order valence-corrected chi connectivity index (χ2v) is 4.95. The molecule has 0 aromatic heterocycles. The summed E-state index contributed by atoms with van der Waals surface area (Å²) in [6, 6.07) is 0. The van der Waals surface area contributed by atoms with Crippen LogP contribution in [0.15, 0.2) is 0 Å². The van der Waals surface area contributed by atoms with Gasteiger partial charge in [0.2, 0.25) is 0 Å². The molecule has 0 amide bonds. The van der Waals surface area contributed by atoms with Crippen molar-refractivity contribution >= 4 is 10.8 Å². The van der Waals surface area contributed by atoms with E-state index in [9.17, 15) is 9.11 Å². The standard InChI is InChI=1S/C6H16N2O2S/c7-3-5-8-4-1-2-6-11(8,9)10/h9-10H,1-7H2. The van der Waals surface area contributed by atoms with E-state index in [-0.39, 0.29) is 0 Å². The van der Waals surface area contributed by atoms with E-state index < -0.39 is 10.8 Å². The maximum absolute atomic E-state index is 9.47. The minimum absolute atomic E-state index is 0.496. The average Bonchev–Trinajstić information content (AvgIpc) is 1.94. The first-order valence-electron chi connectivity index (χ1n) is 3.88. The SMILES string of the molecule is NCCN1CCCCS1(O)O. The van der Waals surface area contributed by atoms with Crippen LogP contribution in [-0.4, -0.2) is 38.8 Å². The monoisotopic (exact) mass is 180 g/mol. The van der Waals surface area contributed by atoms with E-state index in [4.69, 9.17) is 5.73 Å². The predicted octanol–water partition coefficient (Wildman–Crippen LogP) is 0.707. The lowest BCUT2D eigenvalue weighted by atomic mass is 10.3. The van der Waals surface area contributed by atoms with Crippen LogP contribution in [0.2, 0.25) is 0 Å². The Morgan fingerprint density at radius 3 is 2.64 bits per heavy atom. The van der Waals surface area contributed by atoms with E-state index in [1.807, 2.05) is 0 Å². The summed E-state index contributed by atoms with van der Waals surface area (Å²) in [6.07, 6.45) is 1.97.